The van der Waals surface area contributed by atoms with E-state index < -0.39 is 4.92 Å². The molecule has 0 radical (unpaired) electrons. The lowest BCUT2D eigenvalue weighted by atomic mass is 10.2. The van der Waals surface area contributed by atoms with Gasteiger partial charge in [-0.1, -0.05) is 19.9 Å². The third-order valence-electron chi connectivity index (χ3n) is 3.28. The molecule has 0 aromatic heterocycles. The largest absolute Gasteiger partial charge is 0.460 e. The second kappa shape index (κ2) is 7.38. The number of nitro benzene ring substituents is 1. The third-order valence-corrected chi connectivity index (χ3v) is 3.28. The molecule has 1 aliphatic carbocycles. The van der Waals surface area contributed by atoms with Crippen molar-refractivity contribution >= 4 is 5.69 Å². The summed E-state index contributed by atoms with van der Waals surface area (Å²) in [5.74, 6) is 0.900. The summed E-state index contributed by atoms with van der Waals surface area (Å²) >= 11 is 0. The summed E-state index contributed by atoms with van der Waals surface area (Å²) in [7, 11) is 0. The van der Waals surface area contributed by atoms with Gasteiger partial charge in [-0.15, -0.1) is 0 Å². The van der Waals surface area contributed by atoms with Crippen LogP contribution in [0.1, 0.15) is 32.3 Å². The lowest BCUT2D eigenvalue weighted by Gasteiger charge is -2.10. The predicted octanol–water partition coefficient (Wildman–Crippen LogP) is 2.86. The molecule has 1 fully saturated rings. The van der Waals surface area contributed by atoms with Gasteiger partial charge >= 0.3 is 5.69 Å². The van der Waals surface area contributed by atoms with E-state index in [1.54, 1.807) is 12.1 Å². The van der Waals surface area contributed by atoms with Crippen LogP contribution in [-0.2, 0) is 11.3 Å². The van der Waals surface area contributed by atoms with Gasteiger partial charge in [0.1, 0.15) is 0 Å². The average Bonchev–Trinajstić information content (AvgIpc) is 3.26. The van der Waals surface area contributed by atoms with Crippen LogP contribution < -0.4 is 10.1 Å². The van der Waals surface area contributed by atoms with Crippen molar-refractivity contribution in [3.05, 3.63) is 33.9 Å². The van der Waals surface area contributed by atoms with Crippen molar-refractivity contribution in [1.82, 2.24) is 5.32 Å². The van der Waals surface area contributed by atoms with Gasteiger partial charge < -0.3 is 14.8 Å². The summed E-state index contributed by atoms with van der Waals surface area (Å²) in [6.07, 6.45) is 2.41. The van der Waals surface area contributed by atoms with Gasteiger partial charge in [0.25, 0.3) is 0 Å². The molecule has 0 spiro atoms. The average molecular weight is 294 g/mol. The smallest absolute Gasteiger partial charge is 0.311 e. The van der Waals surface area contributed by atoms with Crippen LogP contribution in [0.25, 0.3) is 0 Å². The Hall–Kier alpha value is -1.66. The van der Waals surface area contributed by atoms with Crippen molar-refractivity contribution in [1.29, 1.82) is 0 Å². The minimum atomic E-state index is -0.422. The highest BCUT2D eigenvalue weighted by Gasteiger charge is 2.21. The number of hydrogen-bond acceptors (Lipinski definition) is 5. The first kappa shape index (κ1) is 15.7. The Morgan fingerprint density at radius 1 is 1.43 bits per heavy atom. The molecule has 6 heteroatoms. The number of nitrogens with zero attached hydrogens (tertiary/aromatic N) is 1. The first-order valence-corrected chi connectivity index (χ1v) is 7.27. The molecule has 1 aromatic rings. The van der Waals surface area contributed by atoms with Gasteiger partial charge in [-0.2, -0.15) is 0 Å². The molecule has 0 unspecified atom stereocenters. The van der Waals surface area contributed by atoms with E-state index in [1.165, 1.54) is 12.8 Å². The quantitative estimate of drug-likeness (QED) is 0.328. The summed E-state index contributed by atoms with van der Waals surface area (Å²) in [6, 6.07) is 5.34. The summed E-state index contributed by atoms with van der Waals surface area (Å²) in [6.45, 7) is 5.38. The van der Waals surface area contributed by atoms with E-state index in [2.05, 4.69) is 5.32 Å². The van der Waals surface area contributed by atoms with E-state index in [0.29, 0.717) is 25.1 Å². The van der Waals surface area contributed by atoms with E-state index in [0.717, 1.165) is 5.56 Å². The van der Waals surface area contributed by atoms with E-state index in [1.807, 2.05) is 19.9 Å². The SMILES string of the molecule is CC(C)NCc1ccc(OCOCC2CC2)c([N+](=O)[O-])c1. The summed E-state index contributed by atoms with van der Waals surface area (Å²) in [5, 5.41) is 14.4. The number of nitrogens with one attached hydrogen (secondary N) is 1. The van der Waals surface area contributed by atoms with Crippen LogP contribution >= 0.6 is 0 Å². The van der Waals surface area contributed by atoms with Gasteiger partial charge in [0.05, 0.1) is 11.5 Å². The lowest BCUT2D eigenvalue weighted by molar-refractivity contribution is -0.386. The van der Waals surface area contributed by atoms with Crippen LogP contribution in [0.3, 0.4) is 0 Å². The Bertz CT molecular complexity index is 487. The van der Waals surface area contributed by atoms with Gasteiger partial charge in [0.15, 0.2) is 12.5 Å². The minimum absolute atomic E-state index is 0.0203. The zero-order valence-corrected chi connectivity index (χ0v) is 12.5. The molecule has 1 aliphatic rings. The molecule has 0 heterocycles. The van der Waals surface area contributed by atoms with Crippen LogP contribution in [0.4, 0.5) is 5.69 Å². The molecule has 1 saturated carbocycles. The Morgan fingerprint density at radius 3 is 2.81 bits per heavy atom. The highest BCUT2D eigenvalue weighted by Crippen LogP contribution is 2.30. The third kappa shape index (κ3) is 5.32. The monoisotopic (exact) mass is 294 g/mol. The molecule has 21 heavy (non-hydrogen) atoms. The highest BCUT2D eigenvalue weighted by molar-refractivity contribution is 5.48. The molecular formula is C15H22N2O4. The number of hydrogen-bond donors (Lipinski definition) is 1. The second-order valence-corrected chi connectivity index (χ2v) is 5.67. The highest BCUT2D eigenvalue weighted by atomic mass is 16.7. The van der Waals surface area contributed by atoms with Gasteiger partial charge in [0, 0.05) is 18.7 Å². The topological polar surface area (TPSA) is 73.6 Å². The normalized spacial score (nSPS) is 14.4. The van der Waals surface area contributed by atoms with Crippen molar-refractivity contribution in [3.8, 4) is 5.75 Å². The minimum Gasteiger partial charge on any atom is -0.460 e. The number of benzene rings is 1. The van der Waals surface area contributed by atoms with E-state index >= 15 is 0 Å². The fraction of sp³-hybridized carbons (Fsp3) is 0.600. The molecule has 0 saturated heterocycles. The maximum absolute atomic E-state index is 11.1. The molecule has 0 aliphatic heterocycles. The molecule has 2 rings (SSSR count). The summed E-state index contributed by atoms with van der Waals surface area (Å²) in [5.41, 5.74) is 0.842. The maximum Gasteiger partial charge on any atom is 0.311 e. The van der Waals surface area contributed by atoms with Crippen LogP contribution in [0.2, 0.25) is 0 Å². The van der Waals surface area contributed by atoms with E-state index in [4.69, 9.17) is 9.47 Å². The van der Waals surface area contributed by atoms with Crippen molar-refractivity contribution in [3.63, 3.8) is 0 Å². The number of nitro groups is 1. The first-order valence-electron chi connectivity index (χ1n) is 7.27. The number of ether oxygens (including phenoxy) is 2. The lowest BCUT2D eigenvalue weighted by Crippen LogP contribution is -2.21. The molecule has 0 atom stereocenters. The van der Waals surface area contributed by atoms with Crippen LogP contribution in [-0.4, -0.2) is 24.4 Å². The molecule has 6 nitrogen and oxygen atoms in total. The molecule has 1 N–H and O–H groups in total. The Balaban J connectivity index is 1.93. The number of rotatable bonds is 9. The predicted molar refractivity (Wildman–Crippen MR) is 79.2 cm³/mol. The Morgan fingerprint density at radius 2 is 2.19 bits per heavy atom. The van der Waals surface area contributed by atoms with Crippen molar-refractivity contribution in [2.75, 3.05) is 13.4 Å². The van der Waals surface area contributed by atoms with Crippen LogP contribution in [0.15, 0.2) is 18.2 Å². The van der Waals surface area contributed by atoms with Gasteiger partial charge in [0.2, 0.25) is 0 Å². The molecular weight excluding hydrogens is 272 g/mol. The molecule has 0 amide bonds. The molecule has 116 valence electrons. The van der Waals surface area contributed by atoms with Crippen LogP contribution in [0, 0.1) is 16.0 Å². The fourth-order valence-corrected chi connectivity index (χ4v) is 1.86. The van der Waals surface area contributed by atoms with Crippen molar-refractivity contribution < 1.29 is 14.4 Å². The van der Waals surface area contributed by atoms with E-state index in [-0.39, 0.29) is 18.2 Å². The van der Waals surface area contributed by atoms with Gasteiger partial charge in [-0.25, -0.2) is 0 Å². The van der Waals surface area contributed by atoms with Gasteiger partial charge in [-0.3, -0.25) is 10.1 Å². The van der Waals surface area contributed by atoms with Crippen LogP contribution in [0.5, 0.6) is 5.75 Å². The summed E-state index contributed by atoms with van der Waals surface area (Å²) in [4.78, 5) is 10.7. The zero-order chi connectivity index (χ0) is 15.2. The fourth-order valence-electron chi connectivity index (χ4n) is 1.86. The Kier molecular flexibility index (Phi) is 5.52. The first-order chi connectivity index (χ1) is 10.1. The maximum atomic E-state index is 11.1. The second-order valence-electron chi connectivity index (χ2n) is 5.67. The zero-order valence-electron chi connectivity index (χ0n) is 12.5. The Labute approximate surface area is 124 Å². The summed E-state index contributed by atoms with van der Waals surface area (Å²) < 4.78 is 10.7. The molecule has 1 aromatic carbocycles. The van der Waals surface area contributed by atoms with Crippen molar-refractivity contribution in [2.45, 2.75) is 39.3 Å². The standard InChI is InChI=1S/C15H22N2O4/c1-11(2)16-8-13-5-6-15(14(7-13)17(18)19)21-10-20-9-12-3-4-12/h5-7,11-12,16H,3-4,8-10H2,1-2H3. The van der Waals surface area contributed by atoms with Crippen molar-refractivity contribution in [2.24, 2.45) is 5.92 Å². The van der Waals surface area contributed by atoms with E-state index in [9.17, 15) is 10.1 Å². The molecule has 0 bridgehead atoms. The van der Waals surface area contributed by atoms with Gasteiger partial charge in [-0.05, 0) is 30.4 Å².